The molecule has 1 saturated carbocycles. The van der Waals surface area contributed by atoms with E-state index in [4.69, 9.17) is 0 Å². The third kappa shape index (κ3) is 3.75. The van der Waals surface area contributed by atoms with Crippen LogP contribution < -0.4 is 0 Å². The molecule has 0 aromatic heterocycles. The fourth-order valence-corrected chi connectivity index (χ4v) is 4.57. The molecule has 3 nitrogen and oxygen atoms in total. The molecule has 0 bridgehead atoms. The first-order valence-corrected chi connectivity index (χ1v) is 8.69. The molecular weight excluding hydrogens is 248 g/mol. The molecule has 20 heavy (non-hydrogen) atoms. The predicted octanol–water partition coefficient (Wildman–Crippen LogP) is 2.59. The molecule has 0 radical (unpaired) electrons. The molecule has 0 spiro atoms. The molecule has 3 heteroatoms. The van der Waals surface area contributed by atoms with E-state index in [1.54, 1.807) is 0 Å². The summed E-state index contributed by atoms with van der Waals surface area (Å²) in [6.45, 7) is 13.1. The van der Waals surface area contributed by atoms with Crippen LogP contribution in [0.1, 0.15) is 52.9 Å². The maximum absolute atomic E-state index is 9.95. The van der Waals surface area contributed by atoms with Crippen molar-refractivity contribution in [3.05, 3.63) is 0 Å². The van der Waals surface area contributed by atoms with Gasteiger partial charge in [-0.1, -0.05) is 33.6 Å². The van der Waals surface area contributed by atoms with E-state index in [1.807, 2.05) is 0 Å². The highest BCUT2D eigenvalue weighted by Gasteiger charge is 2.38. The molecule has 0 aromatic carbocycles. The van der Waals surface area contributed by atoms with Crippen molar-refractivity contribution in [3.63, 3.8) is 0 Å². The zero-order valence-electron chi connectivity index (χ0n) is 13.8. The van der Waals surface area contributed by atoms with Gasteiger partial charge in [-0.15, -0.1) is 0 Å². The van der Waals surface area contributed by atoms with Crippen LogP contribution in [0.4, 0.5) is 0 Å². The molecule has 0 amide bonds. The van der Waals surface area contributed by atoms with Crippen molar-refractivity contribution in [1.82, 2.24) is 9.80 Å². The van der Waals surface area contributed by atoms with Gasteiger partial charge in [0.05, 0.1) is 0 Å². The van der Waals surface area contributed by atoms with Gasteiger partial charge in [0.1, 0.15) is 0 Å². The topological polar surface area (TPSA) is 26.7 Å². The number of nitrogens with zero attached hydrogens (tertiary/aromatic N) is 2. The fourth-order valence-electron chi connectivity index (χ4n) is 4.57. The molecule has 1 N–H and O–H groups in total. The van der Waals surface area contributed by atoms with E-state index in [9.17, 15) is 5.11 Å². The Balaban J connectivity index is 1.89. The monoisotopic (exact) mass is 282 g/mol. The van der Waals surface area contributed by atoms with Crippen LogP contribution in [0.15, 0.2) is 0 Å². The van der Waals surface area contributed by atoms with Gasteiger partial charge in [-0.25, -0.2) is 0 Å². The molecule has 1 heterocycles. The molecular formula is C17H34N2O. The van der Waals surface area contributed by atoms with Crippen LogP contribution in [-0.2, 0) is 0 Å². The van der Waals surface area contributed by atoms with Gasteiger partial charge in [0.15, 0.2) is 0 Å². The molecule has 1 aliphatic carbocycles. The second kappa shape index (κ2) is 7.24. The number of rotatable bonds is 6. The zero-order valence-corrected chi connectivity index (χ0v) is 13.8. The molecule has 3 atom stereocenters. The van der Waals surface area contributed by atoms with Crippen LogP contribution in [-0.4, -0.2) is 60.3 Å². The van der Waals surface area contributed by atoms with E-state index >= 15 is 0 Å². The number of aliphatic hydroxyl groups excluding tert-OH is 1. The maximum atomic E-state index is 9.95. The highest BCUT2D eigenvalue weighted by Crippen LogP contribution is 2.40. The smallest absolute Gasteiger partial charge is 0.0499 e. The largest absolute Gasteiger partial charge is 0.396 e. The summed E-state index contributed by atoms with van der Waals surface area (Å²) in [5, 5.41) is 9.95. The quantitative estimate of drug-likeness (QED) is 0.811. The summed E-state index contributed by atoms with van der Waals surface area (Å²) in [4.78, 5) is 5.21. The Bertz CT molecular complexity index is 293. The van der Waals surface area contributed by atoms with Gasteiger partial charge in [-0.2, -0.15) is 0 Å². The minimum atomic E-state index is 0.190. The van der Waals surface area contributed by atoms with Crippen molar-refractivity contribution in [1.29, 1.82) is 0 Å². The van der Waals surface area contributed by atoms with Gasteiger partial charge in [-0.05, 0) is 44.8 Å². The number of hydrogen-bond acceptors (Lipinski definition) is 3. The van der Waals surface area contributed by atoms with Crippen LogP contribution >= 0.6 is 0 Å². The lowest BCUT2D eigenvalue weighted by Crippen LogP contribution is -2.44. The number of aliphatic hydroxyl groups is 1. The van der Waals surface area contributed by atoms with Crippen LogP contribution in [0.3, 0.4) is 0 Å². The Morgan fingerprint density at radius 1 is 1.25 bits per heavy atom. The summed E-state index contributed by atoms with van der Waals surface area (Å²) in [5.74, 6) is 0.789. The third-order valence-electron chi connectivity index (χ3n) is 5.66. The summed E-state index contributed by atoms with van der Waals surface area (Å²) < 4.78 is 0. The summed E-state index contributed by atoms with van der Waals surface area (Å²) >= 11 is 0. The van der Waals surface area contributed by atoms with Gasteiger partial charge < -0.3 is 10.0 Å². The molecule has 1 aliphatic heterocycles. The van der Waals surface area contributed by atoms with Crippen LogP contribution in [0, 0.1) is 11.3 Å². The lowest BCUT2D eigenvalue weighted by molar-refractivity contribution is 0.0283. The molecule has 1 saturated heterocycles. The average molecular weight is 282 g/mol. The van der Waals surface area contributed by atoms with Crippen molar-refractivity contribution in [2.24, 2.45) is 11.3 Å². The van der Waals surface area contributed by atoms with Crippen molar-refractivity contribution < 1.29 is 5.11 Å². The second-order valence-corrected chi connectivity index (χ2v) is 7.26. The normalized spacial score (nSPS) is 35.9. The molecule has 2 fully saturated rings. The Kier molecular flexibility index (Phi) is 5.88. The molecule has 2 aliphatic rings. The average Bonchev–Trinajstić information content (AvgIpc) is 2.88. The minimum Gasteiger partial charge on any atom is -0.396 e. The summed E-state index contributed by atoms with van der Waals surface area (Å²) in [7, 11) is 0. The van der Waals surface area contributed by atoms with Gasteiger partial charge in [0.2, 0.25) is 0 Å². The van der Waals surface area contributed by atoms with Crippen LogP contribution in [0.5, 0.6) is 0 Å². The number of hydrogen-bond donors (Lipinski definition) is 1. The lowest BCUT2D eigenvalue weighted by atomic mass is 9.70. The van der Waals surface area contributed by atoms with Crippen molar-refractivity contribution in [2.75, 3.05) is 39.3 Å². The molecule has 3 unspecified atom stereocenters. The zero-order chi connectivity index (χ0) is 14.6. The standard InChI is InChI=1S/C17H34N2O/c1-4-19(5-2)16-8-10-18(12-16)13-17(14-20)9-6-7-15(3)11-17/h15-16,20H,4-14H2,1-3H3. The Labute approximate surface area is 125 Å². The van der Waals surface area contributed by atoms with Crippen molar-refractivity contribution in [2.45, 2.75) is 58.9 Å². The minimum absolute atomic E-state index is 0.190. The Morgan fingerprint density at radius 3 is 2.60 bits per heavy atom. The SMILES string of the molecule is CCN(CC)C1CCN(CC2(CO)CCCC(C)C2)C1. The molecule has 118 valence electrons. The van der Waals surface area contributed by atoms with Gasteiger partial charge in [0, 0.05) is 31.2 Å². The fraction of sp³-hybridized carbons (Fsp3) is 1.00. The summed E-state index contributed by atoms with van der Waals surface area (Å²) in [5.41, 5.74) is 0.190. The first-order chi connectivity index (χ1) is 9.62. The second-order valence-electron chi connectivity index (χ2n) is 7.26. The van der Waals surface area contributed by atoms with Gasteiger partial charge in [0.25, 0.3) is 0 Å². The first-order valence-electron chi connectivity index (χ1n) is 8.69. The lowest BCUT2D eigenvalue weighted by Gasteiger charge is -2.41. The number of likely N-dealkylation sites (N-methyl/N-ethyl adjacent to an activating group) is 1. The van der Waals surface area contributed by atoms with E-state index in [0.29, 0.717) is 6.61 Å². The predicted molar refractivity (Wildman–Crippen MR) is 84.9 cm³/mol. The maximum Gasteiger partial charge on any atom is 0.0499 e. The van der Waals surface area contributed by atoms with Crippen LogP contribution in [0.25, 0.3) is 0 Å². The molecule has 0 aromatic rings. The summed E-state index contributed by atoms with van der Waals surface area (Å²) in [6, 6.07) is 0.738. The third-order valence-corrected chi connectivity index (χ3v) is 5.66. The van der Waals surface area contributed by atoms with E-state index in [-0.39, 0.29) is 5.41 Å². The Morgan fingerprint density at radius 2 is 2.00 bits per heavy atom. The molecule has 2 rings (SSSR count). The van der Waals surface area contributed by atoms with E-state index in [0.717, 1.165) is 31.6 Å². The van der Waals surface area contributed by atoms with E-state index in [1.165, 1.54) is 45.2 Å². The van der Waals surface area contributed by atoms with Crippen LogP contribution in [0.2, 0.25) is 0 Å². The van der Waals surface area contributed by atoms with Gasteiger partial charge in [-0.3, -0.25) is 4.90 Å². The highest BCUT2D eigenvalue weighted by molar-refractivity contribution is 4.91. The van der Waals surface area contributed by atoms with Crippen molar-refractivity contribution in [3.8, 4) is 0 Å². The van der Waals surface area contributed by atoms with Crippen molar-refractivity contribution >= 4 is 0 Å². The van der Waals surface area contributed by atoms with Gasteiger partial charge >= 0.3 is 0 Å². The number of likely N-dealkylation sites (tertiary alicyclic amines) is 1. The van der Waals surface area contributed by atoms with E-state index in [2.05, 4.69) is 30.6 Å². The van der Waals surface area contributed by atoms with E-state index < -0.39 is 0 Å². The highest BCUT2D eigenvalue weighted by atomic mass is 16.3. The summed E-state index contributed by atoms with van der Waals surface area (Å²) in [6.07, 6.45) is 6.40. The first kappa shape index (κ1) is 16.3. The Hall–Kier alpha value is -0.120.